The van der Waals surface area contributed by atoms with Crippen LogP contribution in [0.1, 0.15) is 39.9 Å². The Morgan fingerprint density at radius 3 is 2.51 bits per heavy atom. The van der Waals surface area contributed by atoms with E-state index in [9.17, 15) is 9.90 Å². The lowest BCUT2D eigenvalue weighted by atomic mass is 9.90. The first-order valence-electron chi connectivity index (χ1n) is 11.8. The molecule has 7 heteroatoms. The van der Waals surface area contributed by atoms with Crippen LogP contribution in [0.2, 0.25) is 0 Å². The van der Waals surface area contributed by atoms with E-state index in [1.54, 1.807) is 12.1 Å². The summed E-state index contributed by atoms with van der Waals surface area (Å²) >= 11 is 3.27. The number of hydrazone groups is 1. The lowest BCUT2D eigenvalue weighted by Crippen LogP contribution is -2.33. The summed E-state index contributed by atoms with van der Waals surface area (Å²) in [7, 11) is 1.47. The maximum atomic E-state index is 12.5. The van der Waals surface area contributed by atoms with Gasteiger partial charge in [0.1, 0.15) is 0 Å². The van der Waals surface area contributed by atoms with Gasteiger partial charge in [-0.1, -0.05) is 42.5 Å². The average Bonchev–Trinajstić information content (AvgIpc) is 2.88. The van der Waals surface area contributed by atoms with Crippen LogP contribution < -0.4 is 10.2 Å². The maximum Gasteiger partial charge on any atom is 0.271 e. The molecule has 0 aromatic heterocycles. The number of nitrogens with zero attached hydrogens (tertiary/aromatic N) is 2. The molecule has 3 aromatic rings. The van der Waals surface area contributed by atoms with Crippen molar-refractivity contribution in [2.75, 3.05) is 20.2 Å². The summed E-state index contributed by atoms with van der Waals surface area (Å²) < 4.78 is 5.61. The number of benzene rings is 3. The number of halogens is 1. The summed E-state index contributed by atoms with van der Waals surface area (Å²) in [5.74, 6) is 0.817. The van der Waals surface area contributed by atoms with Crippen LogP contribution in [-0.2, 0) is 13.0 Å². The van der Waals surface area contributed by atoms with Gasteiger partial charge in [0.2, 0.25) is 0 Å². The Morgan fingerprint density at radius 1 is 1.11 bits per heavy atom. The van der Waals surface area contributed by atoms with Crippen molar-refractivity contribution in [3.63, 3.8) is 0 Å². The molecule has 35 heavy (non-hydrogen) atoms. The van der Waals surface area contributed by atoms with Crippen LogP contribution in [0, 0.1) is 5.92 Å². The van der Waals surface area contributed by atoms with Crippen molar-refractivity contribution in [1.29, 1.82) is 0 Å². The van der Waals surface area contributed by atoms with E-state index in [2.05, 4.69) is 61.7 Å². The largest absolute Gasteiger partial charge is 0.503 e. The topological polar surface area (TPSA) is 74.2 Å². The van der Waals surface area contributed by atoms with Gasteiger partial charge in [0, 0.05) is 12.1 Å². The molecular formula is C28H30BrN3O3. The third-order valence-corrected chi connectivity index (χ3v) is 6.95. The highest BCUT2D eigenvalue weighted by Crippen LogP contribution is 2.34. The zero-order valence-electron chi connectivity index (χ0n) is 19.8. The number of aromatic hydroxyl groups is 1. The van der Waals surface area contributed by atoms with Crippen LogP contribution in [0.3, 0.4) is 0 Å². The third-order valence-electron chi connectivity index (χ3n) is 6.35. The van der Waals surface area contributed by atoms with Crippen molar-refractivity contribution < 1.29 is 14.6 Å². The second-order valence-electron chi connectivity index (χ2n) is 8.86. The number of piperidine rings is 1. The molecule has 1 aliphatic rings. The minimum absolute atomic E-state index is 0.0188. The first-order valence-corrected chi connectivity index (χ1v) is 12.6. The Bertz CT molecular complexity index is 1160. The number of carbonyl (C=O) groups excluding carboxylic acids is 1. The zero-order chi connectivity index (χ0) is 24.6. The lowest BCUT2D eigenvalue weighted by molar-refractivity contribution is 0.0955. The molecule has 4 rings (SSSR count). The molecule has 0 spiro atoms. The van der Waals surface area contributed by atoms with Crippen molar-refractivity contribution in [3.8, 4) is 11.5 Å². The minimum Gasteiger partial charge on any atom is -0.503 e. The van der Waals surface area contributed by atoms with Gasteiger partial charge in [-0.3, -0.25) is 9.69 Å². The van der Waals surface area contributed by atoms with E-state index in [1.807, 2.05) is 24.3 Å². The first kappa shape index (κ1) is 24.9. The Balaban J connectivity index is 1.25. The molecule has 1 fully saturated rings. The maximum absolute atomic E-state index is 12.5. The van der Waals surface area contributed by atoms with Crippen LogP contribution in [0.5, 0.6) is 11.5 Å². The van der Waals surface area contributed by atoms with Crippen molar-refractivity contribution in [2.45, 2.75) is 25.8 Å². The van der Waals surface area contributed by atoms with E-state index in [-0.39, 0.29) is 11.7 Å². The van der Waals surface area contributed by atoms with Gasteiger partial charge in [-0.25, -0.2) is 5.43 Å². The Labute approximate surface area is 214 Å². The molecular weight excluding hydrogens is 506 g/mol. The van der Waals surface area contributed by atoms with Crippen LogP contribution in [-0.4, -0.2) is 42.3 Å². The molecule has 0 unspecified atom stereocenters. The number of carbonyl (C=O) groups is 1. The minimum atomic E-state index is -0.278. The first-order chi connectivity index (χ1) is 17.0. The van der Waals surface area contributed by atoms with E-state index in [0.717, 1.165) is 25.6 Å². The van der Waals surface area contributed by atoms with E-state index >= 15 is 0 Å². The number of amides is 1. The van der Waals surface area contributed by atoms with Gasteiger partial charge >= 0.3 is 0 Å². The number of rotatable bonds is 8. The number of methoxy groups -OCH3 is 1. The molecule has 0 bridgehead atoms. The fraction of sp³-hybridized carbons (Fsp3) is 0.286. The van der Waals surface area contributed by atoms with Crippen molar-refractivity contribution in [3.05, 3.63) is 93.5 Å². The Morgan fingerprint density at radius 2 is 1.83 bits per heavy atom. The number of phenols is 1. The molecule has 0 saturated carbocycles. The van der Waals surface area contributed by atoms with E-state index in [0.29, 0.717) is 21.3 Å². The lowest BCUT2D eigenvalue weighted by Gasteiger charge is -2.32. The highest BCUT2D eigenvalue weighted by Gasteiger charge is 2.19. The molecule has 182 valence electrons. The molecule has 1 aliphatic heterocycles. The SMILES string of the molecule is COc1cc(/C=N\NC(=O)c2ccc(CN3CCC(Cc4ccccc4)CC3)cc2)cc(Br)c1O. The molecule has 0 atom stereocenters. The fourth-order valence-electron chi connectivity index (χ4n) is 4.37. The predicted octanol–water partition coefficient (Wildman–Crippen LogP) is 5.38. The third kappa shape index (κ3) is 6.93. The zero-order valence-corrected chi connectivity index (χ0v) is 21.4. The van der Waals surface area contributed by atoms with Gasteiger partial charge in [-0.2, -0.15) is 5.10 Å². The van der Waals surface area contributed by atoms with Gasteiger partial charge in [0.15, 0.2) is 11.5 Å². The molecule has 3 aromatic carbocycles. The van der Waals surface area contributed by atoms with Crippen LogP contribution in [0.25, 0.3) is 0 Å². The van der Waals surface area contributed by atoms with E-state index < -0.39 is 0 Å². The molecule has 2 N–H and O–H groups in total. The molecule has 1 heterocycles. The van der Waals surface area contributed by atoms with E-state index in [1.165, 1.54) is 43.7 Å². The summed E-state index contributed by atoms with van der Waals surface area (Å²) in [6, 6.07) is 21.8. The average molecular weight is 536 g/mol. The quantitative estimate of drug-likeness (QED) is 0.300. The molecule has 0 aliphatic carbocycles. The van der Waals surface area contributed by atoms with Crippen LogP contribution in [0.15, 0.2) is 76.3 Å². The summed E-state index contributed by atoms with van der Waals surface area (Å²) in [5, 5.41) is 13.9. The van der Waals surface area contributed by atoms with Crippen LogP contribution >= 0.6 is 15.9 Å². The van der Waals surface area contributed by atoms with Crippen molar-refractivity contribution >= 4 is 28.1 Å². The normalized spacial score (nSPS) is 14.8. The predicted molar refractivity (Wildman–Crippen MR) is 142 cm³/mol. The van der Waals surface area contributed by atoms with E-state index in [4.69, 9.17) is 4.74 Å². The second-order valence-corrected chi connectivity index (χ2v) is 9.71. The summed E-state index contributed by atoms with van der Waals surface area (Å²) in [5.41, 5.74) is 6.41. The molecule has 1 saturated heterocycles. The smallest absolute Gasteiger partial charge is 0.271 e. The number of phenolic OH excluding ortho intramolecular Hbond substituents is 1. The van der Waals surface area contributed by atoms with Gasteiger partial charge in [0.05, 0.1) is 17.8 Å². The number of likely N-dealkylation sites (tertiary alicyclic amines) is 1. The van der Waals surface area contributed by atoms with Crippen molar-refractivity contribution in [1.82, 2.24) is 10.3 Å². The molecule has 6 nitrogen and oxygen atoms in total. The van der Waals surface area contributed by atoms with Gasteiger partial charge in [-0.15, -0.1) is 0 Å². The fourth-order valence-corrected chi connectivity index (χ4v) is 4.83. The number of hydrogen-bond acceptors (Lipinski definition) is 5. The highest BCUT2D eigenvalue weighted by molar-refractivity contribution is 9.10. The summed E-state index contributed by atoms with van der Waals surface area (Å²) in [6.07, 6.45) is 5.10. The second kappa shape index (κ2) is 12.0. The standard InChI is InChI=1S/C28H30BrN3O3/c1-35-26-17-23(16-25(29)27(26)33)18-30-31-28(34)24-9-7-22(8-10-24)19-32-13-11-21(12-14-32)15-20-5-3-2-4-6-20/h2-10,16-18,21,33H,11-15,19H2,1H3,(H,31,34)/b30-18-. The van der Waals surface area contributed by atoms with Gasteiger partial charge < -0.3 is 9.84 Å². The number of hydrogen-bond donors (Lipinski definition) is 2. The monoisotopic (exact) mass is 535 g/mol. The van der Waals surface area contributed by atoms with Gasteiger partial charge in [0.25, 0.3) is 5.91 Å². The summed E-state index contributed by atoms with van der Waals surface area (Å²) in [4.78, 5) is 14.9. The van der Waals surface area contributed by atoms with Crippen LogP contribution in [0.4, 0.5) is 0 Å². The summed E-state index contributed by atoms with van der Waals surface area (Å²) in [6.45, 7) is 3.11. The number of ether oxygens (including phenoxy) is 1. The Hall–Kier alpha value is -3.16. The van der Waals surface area contributed by atoms with Crippen molar-refractivity contribution in [2.24, 2.45) is 11.0 Å². The number of nitrogens with one attached hydrogen (secondary N) is 1. The van der Waals surface area contributed by atoms with Gasteiger partial charge in [-0.05, 0) is 95.2 Å². The highest BCUT2D eigenvalue weighted by atomic mass is 79.9. The Kier molecular flexibility index (Phi) is 8.55. The molecule has 1 amide bonds. The molecule has 0 radical (unpaired) electrons.